The van der Waals surface area contributed by atoms with Gasteiger partial charge in [-0.3, -0.25) is 9.89 Å². The molecule has 4 rings (SSSR count). The molecule has 0 amide bonds. The fourth-order valence-corrected chi connectivity index (χ4v) is 3.23. The topological polar surface area (TPSA) is 91.1 Å². The molecule has 4 aromatic rings. The SMILES string of the molecule is C=c1[nH]n(-c2ccc(CC)cc2)c(=O)/c1=C/c1ccc(-c2cccc(C(=O)[O-])c2)o1. The smallest absolute Gasteiger partial charge is 0.279 e. The van der Waals surface area contributed by atoms with E-state index in [1.165, 1.54) is 22.4 Å². The molecule has 0 spiro atoms. The average Bonchev–Trinajstić information content (AvgIpc) is 3.34. The zero-order valence-electron chi connectivity index (χ0n) is 16.3. The van der Waals surface area contributed by atoms with Gasteiger partial charge in [0.1, 0.15) is 11.5 Å². The number of aryl methyl sites for hydroxylation is 1. The van der Waals surface area contributed by atoms with Crippen molar-refractivity contribution in [2.45, 2.75) is 13.3 Å². The van der Waals surface area contributed by atoms with E-state index in [0.29, 0.717) is 27.7 Å². The lowest BCUT2D eigenvalue weighted by Crippen LogP contribution is -2.33. The first-order valence-corrected chi connectivity index (χ1v) is 9.49. The highest BCUT2D eigenvalue weighted by molar-refractivity contribution is 5.87. The van der Waals surface area contributed by atoms with E-state index < -0.39 is 5.97 Å². The van der Waals surface area contributed by atoms with E-state index in [-0.39, 0.29) is 11.1 Å². The minimum Gasteiger partial charge on any atom is -0.545 e. The summed E-state index contributed by atoms with van der Waals surface area (Å²) in [5.41, 5.74) is 2.35. The molecule has 150 valence electrons. The Labute approximate surface area is 172 Å². The quantitative estimate of drug-likeness (QED) is 0.552. The summed E-state index contributed by atoms with van der Waals surface area (Å²) in [5.74, 6) is -0.309. The largest absolute Gasteiger partial charge is 0.545 e. The monoisotopic (exact) mass is 399 g/mol. The Hall–Kier alpha value is -4.06. The van der Waals surface area contributed by atoms with E-state index in [1.54, 1.807) is 30.3 Å². The minimum atomic E-state index is -1.25. The van der Waals surface area contributed by atoms with E-state index in [4.69, 9.17) is 4.42 Å². The molecular weight excluding hydrogens is 380 g/mol. The summed E-state index contributed by atoms with van der Waals surface area (Å²) in [7, 11) is 0. The van der Waals surface area contributed by atoms with Crippen molar-refractivity contribution in [2.75, 3.05) is 0 Å². The van der Waals surface area contributed by atoms with E-state index in [9.17, 15) is 14.7 Å². The number of H-pyrrole nitrogens is 1. The number of aromatic carboxylic acids is 1. The van der Waals surface area contributed by atoms with E-state index in [0.717, 1.165) is 12.1 Å². The van der Waals surface area contributed by atoms with Crippen LogP contribution in [-0.2, 0) is 6.42 Å². The highest BCUT2D eigenvalue weighted by Crippen LogP contribution is 2.23. The van der Waals surface area contributed by atoms with Gasteiger partial charge in [-0.05, 0) is 54.0 Å². The maximum atomic E-state index is 12.9. The lowest BCUT2D eigenvalue weighted by atomic mass is 10.1. The van der Waals surface area contributed by atoms with Gasteiger partial charge in [-0.1, -0.05) is 43.8 Å². The summed E-state index contributed by atoms with van der Waals surface area (Å²) in [6, 6.07) is 17.5. The minimum absolute atomic E-state index is 0.0667. The molecule has 30 heavy (non-hydrogen) atoms. The summed E-state index contributed by atoms with van der Waals surface area (Å²) >= 11 is 0. The number of hydrogen-bond acceptors (Lipinski definition) is 4. The van der Waals surface area contributed by atoms with Gasteiger partial charge in [0.05, 0.1) is 22.2 Å². The second kappa shape index (κ2) is 7.75. The molecule has 0 aliphatic heterocycles. The maximum absolute atomic E-state index is 12.9. The van der Waals surface area contributed by atoms with Gasteiger partial charge < -0.3 is 14.3 Å². The number of carboxylic acids is 1. The Morgan fingerprint density at radius 3 is 2.63 bits per heavy atom. The number of carbonyl (C=O) groups excluding carboxylic acids is 1. The van der Waals surface area contributed by atoms with Crippen molar-refractivity contribution >= 4 is 18.6 Å². The molecule has 2 heterocycles. The first kappa shape index (κ1) is 19.3. The molecule has 0 aliphatic rings. The molecule has 6 nitrogen and oxygen atoms in total. The van der Waals surface area contributed by atoms with Gasteiger partial charge in [0, 0.05) is 5.56 Å². The Morgan fingerprint density at radius 1 is 1.17 bits per heavy atom. The van der Waals surface area contributed by atoms with Crippen LogP contribution < -0.4 is 21.2 Å². The van der Waals surface area contributed by atoms with Crippen LogP contribution in [-0.4, -0.2) is 15.7 Å². The lowest BCUT2D eigenvalue weighted by Gasteiger charge is -2.03. The van der Waals surface area contributed by atoms with Crippen molar-refractivity contribution in [1.82, 2.24) is 9.78 Å². The van der Waals surface area contributed by atoms with Crippen LogP contribution in [0.1, 0.15) is 28.6 Å². The van der Waals surface area contributed by atoms with Crippen molar-refractivity contribution in [3.8, 4) is 17.0 Å². The van der Waals surface area contributed by atoms with Crippen LogP contribution in [0.4, 0.5) is 0 Å². The summed E-state index contributed by atoms with van der Waals surface area (Å²) in [6.07, 6.45) is 2.54. The van der Waals surface area contributed by atoms with Gasteiger partial charge in [-0.15, -0.1) is 0 Å². The third-order valence-corrected chi connectivity index (χ3v) is 4.90. The molecule has 1 N–H and O–H groups in total. The fraction of sp³-hybridized carbons (Fsp3) is 0.0833. The van der Waals surface area contributed by atoms with Crippen LogP contribution in [0.15, 0.2) is 69.9 Å². The highest BCUT2D eigenvalue weighted by atomic mass is 16.4. The van der Waals surface area contributed by atoms with Crippen LogP contribution in [0.2, 0.25) is 0 Å². The van der Waals surface area contributed by atoms with Gasteiger partial charge in [0.15, 0.2) is 0 Å². The molecule has 2 aromatic carbocycles. The van der Waals surface area contributed by atoms with Crippen molar-refractivity contribution in [2.24, 2.45) is 0 Å². The molecule has 0 unspecified atom stereocenters. The predicted octanol–water partition coefficient (Wildman–Crippen LogP) is 1.59. The number of nitrogens with one attached hydrogen (secondary N) is 1. The number of aromatic amines is 1. The number of furan rings is 1. The number of carbonyl (C=O) groups is 1. The van der Waals surface area contributed by atoms with Crippen molar-refractivity contribution in [3.05, 3.63) is 98.5 Å². The molecule has 0 fully saturated rings. The van der Waals surface area contributed by atoms with Crippen LogP contribution >= 0.6 is 0 Å². The van der Waals surface area contributed by atoms with E-state index in [2.05, 4.69) is 18.6 Å². The highest BCUT2D eigenvalue weighted by Gasteiger charge is 2.08. The van der Waals surface area contributed by atoms with Gasteiger partial charge in [-0.2, -0.15) is 0 Å². The lowest BCUT2D eigenvalue weighted by molar-refractivity contribution is -0.255. The second-order valence-corrected chi connectivity index (χ2v) is 6.88. The normalized spacial score (nSPS) is 11.7. The standard InChI is InChI=1S/C24H20N2O4/c1-3-16-7-9-19(10-8-16)26-23(27)21(15(2)25-26)14-20-11-12-22(30-20)17-5-4-6-18(13-17)24(28)29/h4-14,25H,2-3H2,1H3,(H,28,29)/p-1/b21-14+. The van der Waals surface area contributed by atoms with Gasteiger partial charge in [-0.25, -0.2) is 4.68 Å². The molecule has 2 aromatic heterocycles. The van der Waals surface area contributed by atoms with Gasteiger partial charge in [0.25, 0.3) is 5.56 Å². The Morgan fingerprint density at radius 2 is 1.93 bits per heavy atom. The molecule has 0 atom stereocenters. The van der Waals surface area contributed by atoms with Crippen molar-refractivity contribution in [3.63, 3.8) is 0 Å². The van der Waals surface area contributed by atoms with E-state index >= 15 is 0 Å². The van der Waals surface area contributed by atoms with Crippen LogP contribution in [0.25, 0.3) is 29.7 Å². The molecule has 0 bridgehead atoms. The molecule has 0 saturated heterocycles. The molecule has 0 aliphatic carbocycles. The number of benzene rings is 2. The number of carboxylic acid groups (broad SMARTS) is 1. The molecule has 0 radical (unpaired) electrons. The van der Waals surface area contributed by atoms with Crippen LogP contribution in [0.3, 0.4) is 0 Å². The maximum Gasteiger partial charge on any atom is 0.279 e. The van der Waals surface area contributed by atoms with Crippen LogP contribution in [0.5, 0.6) is 0 Å². The summed E-state index contributed by atoms with van der Waals surface area (Å²) < 4.78 is 7.25. The molecule has 6 heteroatoms. The summed E-state index contributed by atoms with van der Waals surface area (Å²) in [6.45, 7) is 6.00. The summed E-state index contributed by atoms with van der Waals surface area (Å²) in [4.78, 5) is 24.0. The zero-order valence-corrected chi connectivity index (χ0v) is 16.3. The first-order valence-electron chi connectivity index (χ1n) is 9.49. The Kier molecular flexibility index (Phi) is 4.98. The third-order valence-electron chi connectivity index (χ3n) is 4.90. The first-order chi connectivity index (χ1) is 14.5. The number of aromatic nitrogens is 2. The number of nitrogens with zero attached hydrogens (tertiary/aromatic N) is 1. The molecule has 0 saturated carbocycles. The number of hydrogen-bond donors (Lipinski definition) is 1. The predicted molar refractivity (Wildman–Crippen MR) is 113 cm³/mol. The van der Waals surface area contributed by atoms with Crippen LogP contribution in [0, 0.1) is 0 Å². The second-order valence-electron chi connectivity index (χ2n) is 6.88. The average molecular weight is 399 g/mol. The Bertz CT molecular complexity index is 1390. The van der Waals surface area contributed by atoms with E-state index in [1.807, 2.05) is 24.3 Å². The fourth-order valence-electron chi connectivity index (χ4n) is 3.23. The van der Waals surface area contributed by atoms with Gasteiger partial charge >= 0.3 is 0 Å². The van der Waals surface area contributed by atoms with Gasteiger partial charge in [0.2, 0.25) is 0 Å². The zero-order chi connectivity index (χ0) is 21.3. The number of rotatable bonds is 5. The van der Waals surface area contributed by atoms with Crippen molar-refractivity contribution in [1.29, 1.82) is 0 Å². The molecular formula is C24H19N2O4-. The van der Waals surface area contributed by atoms with Crippen molar-refractivity contribution < 1.29 is 14.3 Å². The Balaban J connectivity index is 1.72. The third kappa shape index (κ3) is 3.63. The summed E-state index contributed by atoms with van der Waals surface area (Å²) in [5, 5.41) is 14.9.